The normalized spacial score (nSPS) is 28.3. The Morgan fingerprint density at radius 2 is 0.222 bits per heavy atom. The number of halogens is 4. The summed E-state index contributed by atoms with van der Waals surface area (Å²) in [5.74, 6) is 0. The van der Waals surface area contributed by atoms with Gasteiger partial charge in [0.1, 0.15) is 0 Å². The number of quaternary nitrogens is 4. The minimum atomic E-state index is 0. The van der Waals surface area contributed by atoms with Gasteiger partial charge in [-0.2, -0.15) is 0 Å². The van der Waals surface area contributed by atoms with Crippen molar-refractivity contribution in [2.24, 2.45) is 0 Å². The van der Waals surface area contributed by atoms with E-state index in [4.69, 9.17) is 0 Å². The molecule has 8 rings (SSSR count). The molecule has 0 radical (unpaired) electrons. The van der Waals surface area contributed by atoms with Crippen LogP contribution in [0.15, 0.2) is 0 Å². The van der Waals surface area contributed by atoms with E-state index in [1.807, 2.05) is 0 Å². The van der Waals surface area contributed by atoms with Gasteiger partial charge in [0.05, 0.1) is 105 Å². The molecule has 0 aromatic carbocycles. The standard InChI is InChI=1S/2C10H20N.C9H18N.C8H16N.4BrH/c1-3-7-11(8-4-1)9-5-2-6-10-11;1-2-4-8-11(7-3-1)9-5-6-10-11;1-2-6-10(7-3-1)8-4-5-9-10;1-2-6-9(5-1)7-3-4-8-9;;;;/h2*1-10H2;1-9H2;1-8H2;4*1H/q4*+1;;;;/p-4. The molecule has 8 aliphatic rings. The van der Waals surface area contributed by atoms with Crippen LogP contribution in [0.3, 0.4) is 0 Å². The van der Waals surface area contributed by atoms with Crippen LogP contribution in [0.4, 0.5) is 0 Å². The van der Waals surface area contributed by atoms with Crippen LogP contribution in [0, 0.1) is 0 Å². The van der Waals surface area contributed by atoms with Gasteiger partial charge in [0.25, 0.3) is 0 Å². The molecule has 0 amide bonds. The van der Waals surface area contributed by atoms with Crippen molar-refractivity contribution >= 4 is 0 Å². The number of nitrogens with zero attached hydrogens (tertiary/aromatic N) is 4. The quantitative estimate of drug-likeness (QED) is 0.216. The van der Waals surface area contributed by atoms with E-state index in [0.29, 0.717) is 0 Å². The molecule has 0 saturated carbocycles. The van der Waals surface area contributed by atoms with Crippen LogP contribution < -0.4 is 67.9 Å². The highest BCUT2D eigenvalue weighted by Crippen LogP contribution is 2.28. The Kier molecular flexibility index (Phi) is 23.2. The fraction of sp³-hybridized carbons (Fsp3) is 1.00. The van der Waals surface area contributed by atoms with Crippen LogP contribution in [0.25, 0.3) is 0 Å². The van der Waals surface area contributed by atoms with Crippen LogP contribution >= 0.6 is 0 Å². The van der Waals surface area contributed by atoms with Crippen molar-refractivity contribution in [3.8, 4) is 0 Å². The third-order valence-corrected chi connectivity index (χ3v) is 13.4. The summed E-state index contributed by atoms with van der Waals surface area (Å²) in [5.41, 5.74) is 0. The molecular formula is C37H74Br4N4. The van der Waals surface area contributed by atoms with E-state index < -0.39 is 0 Å². The minimum absolute atomic E-state index is 0. The van der Waals surface area contributed by atoms with Gasteiger partial charge >= 0.3 is 0 Å². The first-order valence-electron chi connectivity index (χ1n) is 19.6. The Balaban J connectivity index is 0.000000292. The maximum atomic E-state index is 1.50. The second-order valence-electron chi connectivity index (χ2n) is 16.4. The second-order valence-corrected chi connectivity index (χ2v) is 16.4. The number of hydrogen-bond acceptors (Lipinski definition) is 0. The van der Waals surface area contributed by atoms with Gasteiger partial charge in [-0.15, -0.1) is 0 Å². The molecule has 45 heavy (non-hydrogen) atoms. The summed E-state index contributed by atoms with van der Waals surface area (Å²) in [7, 11) is 0. The summed E-state index contributed by atoms with van der Waals surface area (Å²) in [5, 5.41) is 0. The van der Waals surface area contributed by atoms with Gasteiger partial charge in [0, 0.05) is 51.4 Å². The summed E-state index contributed by atoms with van der Waals surface area (Å²) in [4.78, 5) is 0. The Hall–Kier alpha value is 1.76. The molecule has 0 N–H and O–H groups in total. The Morgan fingerprint density at radius 1 is 0.133 bits per heavy atom. The lowest BCUT2D eigenvalue weighted by atomic mass is 10.0. The monoisotopic (exact) mass is 890 g/mol. The molecule has 0 aliphatic carbocycles. The van der Waals surface area contributed by atoms with Crippen LogP contribution in [0.2, 0.25) is 0 Å². The SMILES string of the molecule is C1CCC[N+]2(CC1)CCCC2.C1CC[N+]2(C1)CCCC2.C1CC[N+]2(CC1)CCCC2.C1CC[N+]2(CC1)CCCCC2.[Br-].[Br-].[Br-].[Br-]. The van der Waals surface area contributed by atoms with E-state index in [1.165, 1.54) is 257 Å². The first-order chi connectivity index (χ1) is 20.2. The number of piperidine rings is 3. The highest BCUT2D eigenvalue weighted by molar-refractivity contribution is 4.62. The molecule has 270 valence electrons. The Labute approximate surface area is 323 Å². The van der Waals surface area contributed by atoms with Gasteiger partial charge in [-0.1, -0.05) is 0 Å². The largest absolute Gasteiger partial charge is 1.00 e. The lowest BCUT2D eigenvalue weighted by Crippen LogP contribution is -3.00. The average Bonchev–Trinajstić information content (AvgIpc) is 3.83. The van der Waals surface area contributed by atoms with Gasteiger partial charge in [0.15, 0.2) is 0 Å². The molecule has 8 saturated heterocycles. The molecule has 0 aromatic heterocycles. The fourth-order valence-corrected chi connectivity index (χ4v) is 10.7. The topological polar surface area (TPSA) is 0 Å². The van der Waals surface area contributed by atoms with Gasteiger partial charge in [0.2, 0.25) is 0 Å². The second kappa shape index (κ2) is 23.3. The molecule has 0 unspecified atom stereocenters. The smallest absolute Gasteiger partial charge is 0.0788 e. The van der Waals surface area contributed by atoms with Gasteiger partial charge in [-0.05, 0) is 83.5 Å². The van der Waals surface area contributed by atoms with Crippen molar-refractivity contribution in [1.29, 1.82) is 0 Å². The van der Waals surface area contributed by atoms with Crippen molar-refractivity contribution in [3.63, 3.8) is 0 Å². The summed E-state index contributed by atoms with van der Waals surface area (Å²) in [6.07, 6.45) is 31.5. The maximum absolute atomic E-state index is 1.50. The van der Waals surface area contributed by atoms with E-state index in [-0.39, 0.29) is 67.9 Å². The predicted octanol–water partition coefficient (Wildman–Crippen LogP) is -4.47. The first kappa shape index (κ1) is 44.8. The lowest BCUT2D eigenvalue weighted by Gasteiger charge is -2.44. The molecule has 8 aliphatic heterocycles. The van der Waals surface area contributed by atoms with Crippen molar-refractivity contribution < 1.29 is 85.9 Å². The zero-order valence-corrected chi connectivity index (χ0v) is 35.8. The summed E-state index contributed by atoms with van der Waals surface area (Å²) < 4.78 is 6.00. The van der Waals surface area contributed by atoms with Gasteiger partial charge in [-0.25, -0.2) is 0 Å². The minimum Gasteiger partial charge on any atom is -1.00 e. The van der Waals surface area contributed by atoms with Crippen molar-refractivity contribution in [2.45, 2.75) is 135 Å². The summed E-state index contributed by atoms with van der Waals surface area (Å²) in [6.45, 7) is 24.0. The molecule has 0 bridgehead atoms. The van der Waals surface area contributed by atoms with Gasteiger partial charge in [-0.3, -0.25) is 0 Å². The van der Waals surface area contributed by atoms with Crippen molar-refractivity contribution in [1.82, 2.24) is 0 Å². The fourth-order valence-electron chi connectivity index (χ4n) is 10.7. The average molecular weight is 895 g/mol. The van der Waals surface area contributed by atoms with E-state index in [9.17, 15) is 0 Å². The number of hydrogen-bond donors (Lipinski definition) is 0. The molecule has 4 spiro atoms. The van der Waals surface area contributed by atoms with Crippen molar-refractivity contribution in [3.05, 3.63) is 0 Å². The predicted molar refractivity (Wildman–Crippen MR) is 176 cm³/mol. The molecular weight excluding hydrogens is 820 g/mol. The van der Waals surface area contributed by atoms with Gasteiger partial charge < -0.3 is 85.9 Å². The Bertz CT molecular complexity index is 663. The lowest BCUT2D eigenvalue weighted by molar-refractivity contribution is -0.936. The van der Waals surface area contributed by atoms with Crippen LogP contribution in [-0.2, 0) is 0 Å². The summed E-state index contributed by atoms with van der Waals surface area (Å²) >= 11 is 0. The third-order valence-electron chi connectivity index (χ3n) is 13.4. The van der Waals surface area contributed by atoms with E-state index in [1.54, 1.807) is 0 Å². The maximum Gasteiger partial charge on any atom is 0.0788 e. The zero-order chi connectivity index (χ0) is 28.2. The van der Waals surface area contributed by atoms with E-state index >= 15 is 0 Å². The van der Waals surface area contributed by atoms with Crippen LogP contribution in [0.1, 0.15) is 135 Å². The third kappa shape index (κ3) is 14.1. The van der Waals surface area contributed by atoms with E-state index in [0.717, 1.165) is 0 Å². The molecule has 4 nitrogen and oxygen atoms in total. The summed E-state index contributed by atoms with van der Waals surface area (Å²) in [6, 6.07) is 0. The molecule has 8 heteroatoms. The van der Waals surface area contributed by atoms with E-state index in [2.05, 4.69) is 0 Å². The van der Waals surface area contributed by atoms with Crippen LogP contribution in [0.5, 0.6) is 0 Å². The molecule has 8 fully saturated rings. The van der Waals surface area contributed by atoms with Crippen LogP contribution in [-0.4, -0.2) is 123 Å². The molecule has 8 heterocycles. The Morgan fingerprint density at radius 3 is 0.356 bits per heavy atom. The highest BCUT2D eigenvalue weighted by Gasteiger charge is 2.35. The highest BCUT2D eigenvalue weighted by atomic mass is 79.9. The molecule has 0 atom stereocenters. The van der Waals surface area contributed by atoms with Crippen molar-refractivity contribution in [2.75, 3.05) is 105 Å². The number of rotatable bonds is 0. The molecule has 0 aromatic rings. The first-order valence-corrected chi connectivity index (χ1v) is 19.6. The zero-order valence-electron chi connectivity index (χ0n) is 29.5.